The highest BCUT2D eigenvalue weighted by Crippen LogP contribution is 2.43. The number of nitrogens with zero attached hydrogens (tertiary/aromatic N) is 3. The van der Waals surface area contributed by atoms with Crippen LogP contribution in [0, 0.1) is 5.92 Å². The number of β-amino-alcohol motifs (C(OH)–C–C–N with tert-alkyl or cyclic N) is 1. The van der Waals surface area contributed by atoms with Gasteiger partial charge in [-0.15, -0.1) is 0 Å². The maximum absolute atomic E-state index is 15.3. The maximum Gasteiger partial charge on any atom is 0.246 e. The van der Waals surface area contributed by atoms with Gasteiger partial charge in [0.05, 0.1) is 6.10 Å². The molecule has 3 aliphatic rings. The molecule has 3 aliphatic heterocycles. The van der Waals surface area contributed by atoms with E-state index in [1.54, 1.807) is 9.80 Å². The molecule has 0 spiro atoms. The van der Waals surface area contributed by atoms with Crippen molar-refractivity contribution in [2.45, 2.75) is 101 Å². The highest BCUT2D eigenvalue weighted by atomic mass is 16.3. The fourth-order valence-corrected chi connectivity index (χ4v) is 8.92. The van der Waals surface area contributed by atoms with Crippen molar-refractivity contribution in [3.05, 3.63) is 108 Å². The monoisotopic (exact) mass is 706 g/mol. The van der Waals surface area contributed by atoms with Crippen molar-refractivity contribution in [2.24, 2.45) is 5.92 Å². The molecule has 8 heteroatoms. The van der Waals surface area contributed by atoms with E-state index in [2.05, 4.69) is 17.1 Å². The first kappa shape index (κ1) is 37.7. The minimum atomic E-state index is -1.25. The van der Waals surface area contributed by atoms with E-state index in [0.717, 1.165) is 55.6 Å². The minimum Gasteiger partial charge on any atom is -0.391 e. The third kappa shape index (κ3) is 8.44. The molecule has 52 heavy (non-hydrogen) atoms. The van der Waals surface area contributed by atoms with Crippen LogP contribution in [0.2, 0.25) is 0 Å². The molecule has 8 nitrogen and oxygen atoms in total. The number of hydrogen-bond acceptors (Lipinski definition) is 5. The second-order valence-electron chi connectivity index (χ2n) is 15.2. The zero-order valence-corrected chi connectivity index (χ0v) is 31.0. The van der Waals surface area contributed by atoms with Crippen molar-refractivity contribution in [1.29, 1.82) is 0 Å². The summed E-state index contributed by atoms with van der Waals surface area (Å²) in [6.07, 6.45) is 10.6. The lowest BCUT2D eigenvalue weighted by atomic mass is 9.68. The summed E-state index contributed by atoms with van der Waals surface area (Å²) in [7, 11) is 0. The summed E-state index contributed by atoms with van der Waals surface area (Å²) in [5.41, 5.74) is 1.11. The van der Waals surface area contributed by atoms with E-state index < -0.39 is 23.6 Å². The van der Waals surface area contributed by atoms with Gasteiger partial charge in [0.2, 0.25) is 17.7 Å². The summed E-state index contributed by atoms with van der Waals surface area (Å²) in [5.74, 6) is -0.214. The Hall–Kier alpha value is -4.01. The summed E-state index contributed by atoms with van der Waals surface area (Å²) in [5, 5.41) is 14.3. The summed E-state index contributed by atoms with van der Waals surface area (Å²) < 4.78 is 0. The number of rotatable bonds is 15. The number of carbonyl (C=O) groups excluding carboxylic acids is 3. The Morgan fingerprint density at radius 3 is 1.90 bits per heavy atom. The van der Waals surface area contributed by atoms with Crippen LogP contribution in [0.4, 0.5) is 0 Å². The van der Waals surface area contributed by atoms with Gasteiger partial charge in [0, 0.05) is 32.6 Å². The van der Waals surface area contributed by atoms with E-state index in [9.17, 15) is 14.7 Å². The molecule has 3 fully saturated rings. The zero-order valence-electron chi connectivity index (χ0n) is 31.0. The number of piperidine rings is 1. The third-order valence-corrected chi connectivity index (χ3v) is 11.6. The Morgan fingerprint density at radius 1 is 0.712 bits per heavy atom. The molecule has 3 aromatic rings. The highest BCUT2D eigenvalue weighted by molar-refractivity contribution is 6.00. The van der Waals surface area contributed by atoms with E-state index in [1.807, 2.05) is 91.0 Å². The minimum absolute atomic E-state index is 0.0467. The predicted octanol–water partition coefficient (Wildman–Crippen LogP) is 6.16. The second-order valence-corrected chi connectivity index (χ2v) is 15.2. The fourth-order valence-electron chi connectivity index (χ4n) is 8.92. The molecule has 6 rings (SSSR count). The summed E-state index contributed by atoms with van der Waals surface area (Å²) in [6.45, 7) is 6.64. The summed E-state index contributed by atoms with van der Waals surface area (Å²) in [4.78, 5) is 49.4. The van der Waals surface area contributed by atoms with E-state index >= 15 is 4.79 Å². The molecule has 0 unspecified atom stereocenters. The average molecular weight is 707 g/mol. The smallest absolute Gasteiger partial charge is 0.246 e. The first-order valence-corrected chi connectivity index (χ1v) is 19.9. The van der Waals surface area contributed by atoms with Crippen molar-refractivity contribution in [1.82, 2.24) is 20.0 Å². The number of carbonyl (C=O) groups is 3. The van der Waals surface area contributed by atoms with Crippen molar-refractivity contribution >= 4 is 17.7 Å². The molecule has 3 amide bonds. The first-order valence-electron chi connectivity index (χ1n) is 19.9. The average Bonchev–Trinajstić information content (AvgIpc) is 3.84. The van der Waals surface area contributed by atoms with Crippen molar-refractivity contribution in [2.75, 3.05) is 39.3 Å². The van der Waals surface area contributed by atoms with Gasteiger partial charge < -0.3 is 25.1 Å². The number of unbranched alkanes of at least 4 members (excludes halogenated alkanes) is 5. The number of benzene rings is 3. The van der Waals surface area contributed by atoms with Crippen LogP contribution in [-0.4, -0.2) is 95.0 Å². The van der Waals surface area contributed by atoms with Crippen molar-refractivity contribution < 1.29 is 19.5 Å². The predicted molar refractivity (Wildman–Crippen MR) is 206 cm³/mol. The molecule has 0 radical (unpaired) electrons. The highest BCUT2D eigenvalue weighted by Gasteiger charge is 2.52. The van der Waals surface area contributed by atoms with Crippen LogP contribution in [0.1, 0.15) is 94.2 Å². The third-order valence-electron chi connectivity index (χ3n) is 11.6. The molecular formula is C44H58N4O4. The van der Waals surface area contributed by atoms with Gasteiger partial charge >= 0.3 is 0 Å². The van der Waals surface area contributed by atoms with Gasteiger partial charge in [0.15, 0.2) is 0 Å². The van der Waals surface area contributed by atoms with Crippen molar-refractivity contribution in [3.8, 4) is 0 Å². The maximum atomic E-state index is 15.3. The quantitative estimate of drug-likeness (QED) is 0.146. The molecule has 0 saturated carbocycles. The van der Waals surface area contributed by atoms with E-state index in [4.69, 9.17) is 0 Å². The van der Waals surface area contributed by atoms with Crippen LogP contribution >= 0.6 is 0 Å². The molecule has 3 heterocycles. The molecule has 4 atom stereocenters. The van der Waals surface area contributed by atoms with Crippen LogP contribution in [-0.2, 0) is 19.8 Å². The van der Waals surface area contributed by atoms with E-state index in [1.165, 1.54) is 38.5 Å². The Bertz CT molecular complexity index is 1490. The SMILES string of the molecule is CCCCCCCCN1CCC[C@H](CNC(=O)[C@H]2CCCN2C(=O)[C@@H]2C[C@@H](O)CN2C(=O)C(c2ccccc2)(c2ccccc2)c2ccccc2)C1. The van der Waals surface area contributed by atoms with Gasteiger partial charge in [-0.25, -0.2) is 0 Å². The Balaban J connectivity index is 1.16. The van der Waals surface area contributed by atoms with Gasteiger partial charge in [0.1, 0.15) is 17.5 Å². The lowest BCUT2D eigenvalue weighted by molar-refractivity contribution is -0.147. The van der Waals surface area contributed by atoms with E-state index in [-0.39, 0.29) is 30.7 Å². The number of aliphatic hydroxyl groups is 1. The van der Waals surface area contributed by atoms with Crippen LogP contribution < -0.4 is 5.32 Å². The topological polar surface area (TPSA) is 93.2 Å². The van der Waals surface area contributed by atoms with Crippen LogP contribution in [0.15, 0.2) is 91.0 Å². The molecule has 0 aliphatic carbocycles. The van der Waals surface area contributed by atoms with Gasteiger partial charge in [0.25, 0.3) is 0 Å². The molecule has 3 saturated heterocycles. The van der Waals surface area contributed by atoms with Gasteiger partial charge in [-0.1, -0.05) is 130 Å². The fraction of sp³-hybridized carbons (Fsp3) is 0.523. The molecule has 0 bridgehead atoms. The van der Waals surface area contributed by atoms with Gasteiger partial charge in [-0.3, -0.25) is 14.4 Å². The van der Waals surface area contributed by atoms with Crippen molar-refractivity contribution in [3.63, 3.8) is 0 Å². The normalized spacial score (nSPS) is 22.4. The standard InChI is InChI=1S/C44H58N4O4/c1-2-3-4-5-6-16-27-46-28-17-19-34(32-46)31-45-41(50)39-26-18-29-47(39)42(51)40-30-38(49)33-48(40)43(52)44(35-20-10-7-11-21-35,36-22-12-8-13-23-36)37-24-14-9-15-25-37/h7-15,20-25,34,38-40,49H,2-6,16-19,26-33H2,1H3,(H,45,50)/t34-,38-,39-,40+/m1/s1. The molecule has 0 aromatic heterocycles. The van der Waals surface area contributed by atoms with Crippen LogP contribution in [0.3, 0.4) is 0 Å². The molecular weight excluding hydrogens is 649 g/mol. The molecule has 278 valence electrons. The molecule has 2 N–H and O–H groups in total. The van der Waals surface area contributed by atoms with Gasteiger partial charge in [-0.05, 0) is 67.8 Å². The number of likely N-dealkylation sites (tertiary alicyclic amines) is 3. The Labute approximate surface area is 310 Å². The number of aliphatic hydroxyl groups excluding tert-OH is 1. The van der Waals surface area contributed by atoms with Gasteiger partial charge in [-0.2, -0.15) is 0 Å². The second kappa shape index (κ2) is 18.2. The lowest BCUT2D eigenvalue weighted by Crippen LogP contribution is -2.56. The number of hydrogen-bond donors (Lipinski definition) is 2. The number of nitrogens with one attached hydrogen (secondary N) is 1. The number of amides is 3. The summed E-state index contributed by atoms with van der Waals surface area (Å²) >= 11 is 0. The summed E-state index contributed by atoms with van der Waals surface area (Å²) in [6, 6.07) is 27.7. The van der Waals surface area contributed by atoms with Crippen LogP contribution in [0.25, 0.3) is 0 Å². The van der Waals surface area contributed by atoms with E-state index in [0.29, 0.717) is 25.4 Å². The Kier molecular flexibility index (Phi) is 13.2. The molecule has 3 aromatic carbocycles. The lowest BCUT2D eigenvalue weighted by Gasteiger charge is -2.40. The zero-order chi connectivity index (χ0) is 36.3. The first-order chi connectivity index (χ1) is 25.4. The largest absolute Gasteiger partial charge is 0.391 e. The Morgan fingerprint density at radius 2 is 1.29 bits per heavy atom. The van der Waals surface area contributed by atoms with Crippen LogP contribution in [0.5, 0.6) is 0 Å².